The van der Waals surface area contributed by atoms with Crippen molar-refractivity contribution < 1.29 is 4.79 Å². The van der Waals surface area contributed by atoms with Crippen LogP contribution in [0, 0.1) is 0 Å². The molecule has 132 valence electrons. The minimum absolute atomic E-state index is 0.0581. The maximum atomic E-state index is 13.0. The Morgan fingerprint density at radius 3 is 2.85 bits per heavy atom. The monoisotopic (exact) mass is 428 g/mol. The van der Waals surface area contributed by atoms with E-state index in [1.54, 1.807) is 11.8 Å². The number of H-pyrrole nitrogens is 1. The number of rotatable bonds is 4. The maximum Gasteiger partial charge on any atom is 0.258 e. The van der Waals surface area contributed by atoms with Crippen LogP contribution in [0.4, 0.5) is 5.69 Å². The standard InChI is InChI=1S/C19H17BrN4OS/c20-16-7-8-17-15(10-16)2-1-9-24(17)18(25)14-5-3-13(4-6-14)11-26-19-21-12-22-23-19/h3-8,10,12H,1-2,9,11H2,(H,21,22,23). The lowest BCUT2D eigenvalue weighted by Gasteiger charge is -2.29. The molecule has 0 aliphatic carbocycles. The van der Waals surface area contributed by atoms with E-state index in [-0.39, 0.29) is 5.91 Å². The Morgan fingerprint density at radius 1 is 1.23 bits per heavy atom. The summed E-state index contributed by atoms with van der Waals surface area (Å²) in [5, 5.41) is 7.46. The first kappa shape index (κ1) is 17.3. The van der Waals surface area contributed by atoms with Gasteiger partial charge in [0.25, 0.3) is 5.91 Å². The summed E-state index contributed by atoms with van der Waals surface area (Å²) < 4.78 is 1.05. The zero-order valence-electron chi connectivity index (χ0n) is 14.0. The van der Waals surface area contributed by atoms with Gasteiger partial charge in [0.05, 0.1) is 0 Å². The van der Waals surface area contributed by atoms with Crippen LogP contribution in [0.25, 0.3) is 0 Å². The van der Waals surface area contributed by atoms with Crippen molar-refractivity contribution in [3.05, 3.63) is 70.0 Å². The van der Waals surface area contributed by atoms with Crippen molar-refractivity contribution in [1.29, 1.82) is 0 Å². The first-order valence-corrected chi connectivity index (χ1v) is 10.2. The van der Waals surface area contributed by atoms with Crippen molar-refractivity contribution >= 4 is 39.3 Å². The third-order valence-corrected chi connectivity index (χ3v) is 5.82. The second-order valence-corrected chi connectivity index (χ2v) is 7.99. The number of hydrogen-bond acceptors (Lipinski definition) is 4. The molecule has 7 heteroatoms. The summed E-state index contributed by atoms with van der Waals surface area (Å²) in [5.41, 5.74) is 4.11. The van der Waals surface area contributed by atoms with Gasteiger partial charge in [0.1, 0.15) is 6.33 Å². The average molecular weight is 429 g/mol. The van der Waals surface area contributed by atoms with Crippen molar-refractivity contribution in [2.75, 3.05) is 11.4 Å². The Kier molecular flexibility index (Phi) is 5.08. The molecule has 26 heavy (non-hydrogen) atoms. The Balaban J connectivity index is 1.49. The topological polar surface area (TPSA) is 61.9 Å². The van der Waals surface area contributed by atoms with E-state index in [2.05, 4.69) is 37.2 Å². The van der Waals surface area contributed by atoms with E-state index in [9.17, 15) is 4.79 Å². The van der Waals surface area contributed by atoms with Crippen LogP contribution >= 0.6 is 27.7 Å². The third kappa shape index (κ3) is 3.68. The van der Waals surface area contributed by atoms with Crippen LogP contribution in [0.15, 0.2) is 58.4 Å². The van der Waals surface area contributed by atoms with Gasteiger partial charge in [-0.1, -0.05) is 39.8 Å². The number of amides is 1. The summed E-state index contributed by atoms with van der Waals surface area (Å²) in [7, 11) is 0. The first-order valence-electron chi connectivity index (χ1n) is 8.38. The number of benzene rings is 2. The molecule has 4 rings (SSSR count). The highest BCUT2D eigenvalue weighted by Gasteiger charge is 2.23. The molecule has 1 N–H and O–H groups in total. The average Bonchev–Trinajstić information content (AvgIpc) is 3.19. The summed E-state index contributed by atoms with van der Waals surface area (Å²) in [6.45, 7) is 0.760. The van der Waals surface area contributed by atoms with Crippen molar-refractivity contribution in [2.24, 2.45) is 0 Å². The van der Waals surface area contributed by atoms with E-state index >= 15 is 0 Å². The van der Waals surface area contributed by atoms with E-state index in [0.29, 0.717) is 5.56 Å². The minimum atomic E-state index is 0.0581. The van der Waals surface area contributed by atoms with Gasteiger partial charge in [0, 0.05) is 28.0 Å². The molecule has 3 aromatic rings. The number of nitrogens with one attached hydrogen (secondary N) is 1. The van der Waals surface area contributed by atoms with Crippen LogP contribution in [0.2, 0.25) is 0 Å². The molecule has 2 heterocycles. The van der Waals surface area contributed by atoms with Gasteiger partial charge in [0.15, 0.2) is 5.16 Å². The molecule has 0 saturated heterocycles. The molecule has 5 nitrogen and oxygen atoms in total. The smallest absolute Gasteiger partial charge is 0.258 e. The number of aromatic amines is 1. The van der Waals surface area contributed by atoms with E-state index in [0.717, 1.165) is 46.0 Å². The molecular formula is C19H17BrN4OS. The van der Waals surface area contributed by atoms with Crippen LogP contribution in [0.5, 0.6) is 0 Å². The number of aromatic nitrogens is 3. The van der Waals surface area contributed by atoms with Crippen LogP contribution in [0.1, 0.15) is 27.9 Å². The SMILES string of the molecule is O=C(c1ccc(CSc2ncn[nH]2)cc1)N1CCCc2cc(Br)ccc21. The fraction of sp³-hybridized carbons (Fsp3) is 0.211. The highest BCUT2D eigenvalue weighted by atomic mass is 79.9. The zero-order chi connectivity index (χ0) is 17.9. The number of anilines is 1. The maximum absolute atomic E-state index is 13.0. The molecular weight excluding hydrogens is 412 g/mol. The normalized spacial score (nSPS) is 13.5. The minimum Gasteiger partial charge on any atom is -0.308 e. The van der Waals surface area contributed by atoms with Gasteiger partial charge in [0.2, 0.25) is 0 Å². The molecule has 2 aromatic carbocycles. The van der Waals surface area contributed by atoms with Crippen molar-refractivity contribution in [3.63, 3.8) is 0 Å². The Hall–Kier alpha value is -2.12. The van der Waals surface area contributed by atoms with E-state index in [4.69, 9.17) is 0 Å². The fourth-order valence-corrected chi connectivity index (χ4v) is 4.23. The van der Waals surface area contributed by atoms with E-state index in [1.165, 1.54) is 11.9 Å². The number of hydrogen-bond donors (Lipinski definition) is 1. The Bertz CT molecular complexity index is 912. The summed E-state index contributed by atoms with van der Waals surface area (Å²) in [4.78, 5) is 19.0. The number of thioether (sulfide) groups is 1. The Labute approximate surface area is 164 Å². The van der Waals surface area contributed by atoms with E-state index < -0.39 is 0 Å². The summed E-state index contributed by atoms with van der Waals surface area (Å²) >= 11 is 5.10. The highest BCUT2D eigenvalue weighted by molar-refractivity contribution is 9.10. The van der Waals surface area contributed by atoms with Crippen molar-refractivity contribution in [1.82, 2.24) is 15.2 Å². The van der Waals surface area contributed by atoms with Crippen LogP contribution in [-0.2, 0) is 12.2 Å². The molecule has 1 aromatic heterocycles. The summed E-state index contributed by atoms with van der Waals surface area (Å²) in [5.74, 6) is 0.840. The molecule has 0 bridgehead atoms. The summed E-state index contributed by atoms with van der Waals surface area (Å²) in [6, 6.07) is 14.0. The van der Waals surface area contributed by atoms with Gasteiger partial charge < -0.3 is 4.90 Å². The van der Waals surface area contributed by atoms with Crippen LogP contribution in [0.3, 0.4) is 0 Å². The number of carbonyl (C=O) groups excluding carboxylic acids is 1. The van der Waals surface area contributed by atoms with Crippen molar-refractivity contribution in [2.45, 2.75) is 23.8 Å². The first-order chi connectivity index (χ1) is 12.7. The lowest BCUT2D eigenvalue weighted by Crippen LogP contribution is -2.35. The molecule has 1 aliphatic heterocycles. The molecule has 1 aliphatic rings. The number of aryl methyl sites for hydroxylation is 1. The lowest BCUT2D eigenvalue weighted by atomic mass is 10.0. The second kappa shape index (κ2) is 7.63. The molecule has 0 spiro atoms. The zero-order valence-corrected chi connectivity index (χ0v) is 16.4. The van der Waals surface area contributed by atoms with Gasteiger partial charge in [-0.25, -0.2) is 4.98 Å². The number of fused-ring (bicyclic) bond motifs is 1. The molecule has 0 saturated carbocycles. The number of nitrogens with zero attached hydrogens (tertiary/aromatic N) is 3. The van der Waals surface area contributed by atoms with Crippen LogP contribution in [-0.4, -0.2) is 27.6 Å². The second-order valence-electron chi connectivity index (χ2n) is 6.11. The number of carbonyl (C=O) groups is 1. The van der Waals surface area contributed by atoms with Gasteiger partial charge >= 0.3 is 0 Å². The third-order valence-electron chi connectivity index (χ3n) is 4.37. The largest absolute Gasteiger partial charge is 0.308 e. The highest BCUT2D eigenvalue weighted by Crippen LogP contribution is 2.31. The van der Waals surface area contributed by atoms with Gasteiger partial charge in [-0.15, -0.1) is 0 Å². The quantitative estimate of drug-likeness (QED) is 0.623. The Morgan fingerprint density at radius 2 is 2.08 bits per heavy atom. The lowest BCUT2D eigenvalue weighted by molar-refractivity contribution is 0.0985. The molecule has 0 unspecified atom stereocenters. The summed E-state index contributed by atoms with van der Waals surface area (Å²) in [6.07, 6.45) is 3.50. The fourth-order valence-electron chi connectivity index (χ4n) is 3.09. The van der Waals surface area contributed by atoms with Crippen molar-refractivity contribution in [3.8, 4) is 0 Å². The van der Waals surface area contributed by atoms with Gasteiger partial charge in [-0.3, -0.25) is 9.89 Å². The van der Waals surface area contributed by atoms with Gasteiger partial charge in [-0.05, 0) is 54.3 Å². The number of halogens is 1. The molecule has 0 atom stereocenters. The molecule has 1 amide bonds. The van der Waals surface area contributed by atoms with E-state index in [1.807, 2.05) is 41.3 Å². The van der Waals surface area contributed by atoms with Crippen LogP contribution < -0.4 is 4.90 Å². The predicted octanol–water partition coefficient (Wildman–Crippen LogP) is 4.45. The van der Waals surface area contributed by atoms with Gasteiger partial charge in [-0.2, -0.15) is 5.10 Å². The predicted molar refractivity (Wildman–Crippen MR) is 107 cm³/mol. The molecule has 0 fully saturated rings. The molecule has 0 radical (unpaired) electrons.